The molecule has 1 amide bonds. The van der Waals surface area contributed by atoms with Crippen LogP contribution in [0.15, 0.2) is 0 Å². The second-order valence-corrected chi connectivity index (χ2v) is 6.12. The number of ether oxygens (including phenoxy) is 1. The SMILES string of the molecule is CC(C)(C)OC(=O)NCC1CCCSC1. The number of thioether (sulfide) groups is 1. The van der Waals surface area contributed by atoms with Crippen LogP contribution in [0, 0.1) is 5.92 Å². The maximum atomic E-state index is 11.4. The molecule has 0 aromatic rings. The smallest absolute Gasteiger partial charge is 0.407 e. The first-order valence-electron chi connectivity index (χ1n) is 5.52. The van der Waals surface area contributed by atoms with Gasteiger partial charge in [0.2, 0.25) is 0 Å². The predicted octanol–water partition coefficient (Wildman–Crippen LogP) is 2.65. The number of carbonyl (C=O) groups is 1. The van der Waals surface area contributed by atoms with Gasteiger partial charge in [-0.05, 0) is 51.0 Å². The molecular weight excluding hydrogens is 210 g/mol. The summed E-state index contributed by atoms with van der Waals surface area (Å²) in [6.45, 7) is 6.39. The molecule has 0 bridgehead atoms. The molecule has 0 aliphatic carbocycles. The molecule has 1 saturated heterocycles. The molecule has 1 rings (SSSR count). The zero-order valence-electron chi connectivity index (χ0n) is 9.84. The van der Waals surface area contributed by atoms with Crippen LogP contribution in [-0.2, 0) is 4.74 Å². The van der Waals surface area contributed by atoms with E-state index in [4.69, 9.17) is 4.74 Å². The van der Waals surface area contributed by atoms with Gasteiger partial charge < -0.3 is 10.1 Å². The summed E-state index contributed by atoms with van der Waals surface area (Å²) in [6.07, 6.45) is 2.20. The van der Waals surface area contributed by atoms with Gasteiger partial charge in [-0.15, -0.1) is 0 Å². The third-order valence-corrected chi connectivity index (χ3v) is 3.47. The Balaban J connectivity index is 2.15. The van der Waals surface area contributed by atoms with Crippen molar-refractivity contribution in [3.8, 4) is 0 Å². The van der Waals surface area contributed by atoms with E-state index >= 15 is 0 Å². The van der Waals surface area contributed by atoms with E-state index in [0.717, 1.165) is 12.3 Å². The molecule has 0 saturated carbocycles. The van der Waals surface area contributed by atoms with Crippen LogP contribution in [0.25, 0.3) is 0 Å². The molecule has 1 aliphatic heterocycles. The molecule has 15 heavy (non-hydrogen) atoms. The van der Waals surface area contributed by atoms with Crippen LogP contribution in [-0.4, -0.2) is 29.7 Å². The summed E-state index contributed by atoms with van der Waals surface area (Å²) < 4.78 is 5.17. The number of amides is 1. The topological polar surface area (TPSA) is 38.3 Å². The van der Waals surface area contributed by atoms with Gasteiger partial charge in [-0.1, -0.05) is 0 Å². The van der Waals surface area contributed by atoms with E-state index in [2.05, 4.69) is 5.32 Å². The molecule has 0 aromatic heterocycles. The van der Waals surface area contributed by atoms with E-state index in [-0.39, 0.29) is 6.09 Å². The van der Waals surface area contributed by atoms with E-state index in [1.54, 1.807) is 0 Å². The van der Waals surface area contributed by atoms with E-state index < -0.39 is 5.60 Å². The zero-order valence-corrected chi connectivity index (χ0v) is 10.7. The first-order chi connectivity index (χ1) is 6.97. The highest BCUT2D eigenvalue weighted by Crippen LogP contribution is 2.21. The number of rotatable bonds is 2. The number of hydrogen-bond donors (Lipinski definition) is 1. The van der Waals surface area contributed by atoms with E-state index in [1.807, 2.05) is 32.5 Å². The molecule has 0 aromatic carbocycles. The maximum absolute atomic E-state index is 11.4. The predicted molar refractivity (Wildman–Crippen MR) is 64.3 cm³/mol. The summed E-state index contributed by atoms with van der Waals surface area (Å²) in [5.41, 5.74) is -0.397. The summed E-state index contributed by atoms with van der Waals surface area (Å²) in [6, 6.07) is 0. The van der Waals surface area contributed by atoms with Crippen molar-refractivity contribution in [3.63, 3.8) is 0 Å². The summed E-state index contributed by atoms with van der Waals surface area (Å²) in [5.74, 6) is 3.05. The minimum Gasteiger partial charge on any atom is -0.444 e. The minimum atomic E-state index is -0.397. The largest absolute Gasteiger partial charge is 0.444 e. The fraction of sp³-hybridized carbons (Fsp3) is 0.909. The first kappa shape index (κ1) is 12.7. The van der Waals surface area contributed by atoms with Gasteiger partial charge in [0.1, 0.15) is 5.60 Å². The number of hydrogen-bond acceptors (Lipinski definition) is 3. The quantitative estimate of drug-likeness (QED) is 0.794. The number of nitrogens with one attached hydrogen (secondary N) is 1. The molecule has 1 aliphatic rings. The van der Waals surface area contributed by atoms with Gasteiger partial charge in [0.05, 0.1) is 0 Å². The van der Waals surface area contributed by atoms with E-state index in [0.29, 0.717) is 5.92 Å². The van der Waals surface area contributed by atoms with Crippen molar-refractivity contribution in [2.24, 2.45) is 5.92 Å². The van der Waals surface area contributed by atoms with Gasteiger partial charge in [0.15, 0.2) is 0 Å². The van der Waals surface area contributed by atoms with Gasteiger partial charge in [0.25, 0.3) is 0 Å². The fourth-order valence-electron chi connectivity index (χ4n) is 1.51. The van der Waals surface area contributed by atoms with Crippen LogP contribution < -0.4 is 5.32 Å². The average Bonchev–Trinajstić information content (AvgIpc) is 2.14. The highest BCUT2D eigenvalue weighted by molar-refractivity contribution is 7.99. The van der Waals surface area contributed by atoms with Crippen LogP contribution in [0.2, 0.25) is 0 Å². The molecule has 1 fully saturated rings. The molecular formula is C11H21NO2S. The summed E-state index contributed by atoms with van der Waals surface area (Å²) >= 11 is 1.98. The van der Waals surface area contributed by atoms with Crippen molar-refractivity contribution in [2.75, 3.05) is 18.1 Å². The van der Waals surface area contributed by atoms with Crippen molar-refractivity contribution in [2.45, 2.75) is 39.2 Å². The van der Waals surface area contributed by atoms with Crippen LogP contribution in [0.5, 0.6) is 0 Å². The molecule has 1 atom stereocenters. The summed E-state index contributed by atoms with van der Waals surface area (Å²) in [7, 11) is 0. The normalized spacial score (nSPS) is 22.2. The Morgan fingerprint density at radius 3 is 2.80 bits per heavy atom. The van der Waals surface area contributed by atoms with Gasteiger partial charge >= 0.3 is 6.09 Å². The lowest BCUT2D eigenvalue weighted by atomic mass is 10.1. The molecule has 1 unspecified atom stereocenters. The lowest BCUT2D eigenvalue weighted by Gasteiger charge is -2.23. The standard InChI is InChI=1S/C11H21NO2S/c1-11(2,3)14-10(13)12-7-9-5-4-6-15-8-9/h9H,4-8H2,1-3H3,(H,12,13). The highest BCUT2D eigenvalue weighted by atomic mass is 32.2. The second-order valence-electron chi connectivity index (χ2n) is 4.97. The van der Waals surface area contributed by atoms with Crippen molar-refractivity contribution in [1.29, 1.82) is 0 Å². The molecule has 4 heteroatoms. The molecule has 88 valence electrons. The van der Waals surface area contributed by atoms with Crippen LogP contribution >= 0.6 is 11.8 Å². The van der Waals surface area contributed by atoms with Gasteiger partial charge in [-0.2, -0.15) is 11.8 Å². The Morgan fingerprint density at radius 1 is 1.53 bits per heavy atom. The van der Waals surface area contributed by atoms with Crippen molar-refractivity contribution >= 4 is 17.9 Å². The Morgan fingerprint density at radius 2 is 2.27 bits per heavy atom. The number of alkyl carbamates (subject to hydrolysis) is 1. The van der Waals surface area contributed by atoms with E-state index in [9.17, 15) is 4.79 Å². The highest BCUT2D eigenvalue weighted by Gasteiger charge is 2.18. The average molecular weight is 231 g/mol. The molecule has 1 heterocycles. The Bertz CT molecular complexity index is 207. The fourth-order valence-corrected chi connectivity index (χ4v) is 2.67. The summed E-state index contributed by atoms with van der Waals surface area (Å²) in [5, 5.41) is 2.83. The molecule has 0 spiro atoms. The van der Waals surface area contributed by atoms with Gasteiger partial charge in [-0.25, -0.2) is 4.79 Å². The minimum absolute atomic E-state index is 0.293. The molecule has 0 radical (unpaired) electrons. The Labute approximate surface area is 96.3 Å². The molecule has 1 N–H and O–H groups in total. The van der Waals surface area contributed by atoms with Crippen molar-refractivity contribution < 1.29 is 9.53 Å². The van der Waals surface area contributed by atoms with E-state index in [1.165, 1.54) is 18.6 Å². The zero-order chi connectivity index (χ0) is 11.3. The van der Waals surface area contributed by atoms with Crippen molar-refractivity contribution in [3.05, 3.63) is 0 Å². The van der Waals surface area contributed by atoms with Gasteiger partial charge in [0, 0.05) is 6.54 Å². The Kier molecular flexibility index (Phi) is 4.77. The van der Waals surface area contributed by atoms with Crippen molar-refractivity contribution in [1.82, 2.24) is 5.32 Å². The maximum Gasteiger partial charge on any atom is 0.407 e. The second kappa shape index (κ2) is 5.64. The molecule has 3 nitrogen and oxygen atoms in total. The third-order valence-electron chi connectivity index (χ3n) is 2.19. The van der Waals surface area contributed by atoms with Crippen LogP contribution in [0.4, 0.5) is 4.79 Å². The number of carbonyl (C=O) groups excluding carboxylic acids is 1. The monoisotopic (exact) mass is 231 g/mol. The first-order valence-corrected chi connectivity index (χ1v) is 6.67. The van der Waals surface area contributed by atoms with Gasteiger partial charge in [-0.3, -0.25) is 0 Å². The third kappa shape index (κ3) is 5.92. The Hall–Kier alpha value is -0.380. The van der Waals surface area contributed by atoms with Crippen LogP contribution in [0.3, 0.4) is 0 Å². The lowest BCUT2D eigenvalue weighted by molar-refractivity contribution is 0.0520. The lowest BCUT2D eigenvalue weighted by Crippen LogP contribution is -2.36. The van der Waals surface area contributed by atoms with Crippen LogP contribution in [0.1, 0.15) is 33.6 Å². The summed E-state index contributed by atoms with van der Waals surface area (Å²) in [4.78, 5) is 11.4.